The van der Waals surface area contributed by atoms with Crippen LogP contribution in [-0.4, -0.2) is 36.8 Å². The topological polar surface area (TPSA) is 61.4 Å². The van der Waals surface area contributed by atoms with Gasteiger partial charge in [-0.2, -0.15) is 0 Å². The van der Waals surface area contributed by atoms with E-state index in [9.17, 15) is 13.6 Å². The van der Waals surface area contributed by atoms with Crippen molar-refractivity contribution in [1.29, 1.82) is 0 Å². The highest BCUT2D eigenvalue weighted by Gasteiger charge is 2.27. The Hall–Kier alpha value is -0.910. The van der Waals surface area contributed by atoms with E-state index in [1.54, 1.807) is 0 Å². The summed E-state index contributed by atoms with van der Waals surface area (Å²) in [7, 11) is 0. The summed E-state index contributed by atoms with van der Waals surface area (Å²) in [5.74, 6) is 0.419. The van der Waals surface area contributed by atoms with Crippen LogP contribution in [0.4, 0.5) is 13.6 Å². The fraction of sp³-hybridized carbons (Fsp3) is 0.909. The van der Waals surface area contributed by atoms with Crippen molar-refractivity contribution in [3.8, 4) is 0 Å². The second-order valence-electron chi connectivity index (χ2n) is 4.39. The van der Waals surface area contributed by atoms with Crippen LogP contribution >= 0.6 is 0 Å². The molecule has 100 valence electrons. The van der Waals surface area contributed by atoms with Gasteiger partial charge in [-0.15, -0.1) is 0 Å². The number of aliphatic hydroxyl groups excluding tert-OH is 1. The van der Waals surface area contributed by atoms with E-state index in [0.29, 0.717) is 12.3 Å². The average Bonchev–Trinajstić information content (AvgIpc) is 2.14. The highest BCUT2D eigenvalue weighted by atomic mass is 19.3. The number of amides is 2. The van der Waals surface area contributed by atoms with Gasteiger partial charge in [-0.3, -0.25) is 0 Å². The molecule has 0 bridgehead atoms. The second-order valence-corrected chi connectivity index (χ2v) is 4.39. The van der Waals surface area contributed by atoms with Crippen molar-refractivity contribution in [2.75, 3.05) is 13.2 Å². The van der Waals surface area contributed by atoms with Crippen LogP contribution in [-0.2, 0) is 0 Å². The zero-order valence-electron chi connectivity index (χ0n) is 9.79. The molecule has 0 heterocycles. The van der Waals surface area contributed by atoms with Gasteiger partial charge in [0.25, 0.3) is 0 Å². The third kappa shape index (κ3) is 5.30. The first-order valence-electron chi connectivity index (χ1n) is 6.07. The molecule has 0 radical (unpaired) electrons. The van der Waals surface area contributed by atoms with Crippen molar-refractivity contribution in [3.63, 3.8) is 0 Å². The molecule has 1 saturated carbocycles. The molecule has 0 aliphatic heterocycles. The van der Waals surface area contributed by atoms with E-state index < -0.39 is 12.5 Å². The predicted molar refractivity (Wildman–Crippen MR) is 60.0 cm³/mol. The molecule has 1 aliphatic rings. The van der Waals surface area contributed by atoms with E-state index in [4.69, 9.17) is 5.11 Å². The molecule has 1 atom stereocenters. The van der Waals surface area contributed by atoms with E-state index in [1.807, 2.05) is 0 Å². The van der Waals surface area contributed by atoms with Crippen LogP contribution in [0.2, 0.25) is 0 Å². The summed E-state index contributed by atoms with van der Waals surface area (Å²) in [6.07, 6.45) is 1.06. The lowest BCUT2D eigenvalue weighted by Gasteiger charge is -2.34. The second kappa shape index (κ2) is 7.42. The first-order chi connectivity index (χ1) is 8.13. The maximum absolute atomic E-state index is 11.9. The summed E-state index contributed by atoms with van der Waals surface area (Å²) in [5.41, 5.74) is 0. The molecule has 4 nitrogen and oxygen atoms in total. The fourth-order valence-corrected chi connectivity index (χ4v) is 1.92. The number of carbonyl (C=O) groups excluding carboxylic acids is 1. The van der Waals surface area contributed by atoms with Crippen molar-refractivity contribution in [2.45, 2.75) is 44.6 Å². The Balaban J connectivity index is 2.21. The molecule has 0 aromatic carbocycles. The number of carbonyl (C=O) groups is 1. The zero-order chi connectivity index (χ0) is 12.7. The highest BCUT2D eigenvalue weighted by Crippen LogP contribution is 2.30. The minimum Gasteiger partial charge on any atom is -0.396 e. The van der Waals surface area contributed by atoms with Gasteiger partial charge in [-0.25, -0.2) is 13.6 Å². The lowest BCUT2D eigenvalue weighted by molar-refractivity contribution is 0.137. The van der Waals surface area contributed by atoms with E-state index >= 15 is 0 Å². The van der Waals surface area contributed by atoms with Crippen molar-refractivity contribution in [2.24, 2.45) is 5.92 Å². The van der Waals surface area contributed by atoms with Crippen molar-refractivity contribution < 1.29 is 18.7 Å². The molecule has 3 N–H and O–H groups in total. The number of nitrogens with one attached hydrogen (secondary N) is 2. The standard InChI is InChI=1S/C11H20F2N2O2/c12-10(13)4-6-14-11(17)15-9(5-7-16)8-2-1-3-8/h8-10,16H,1-7H2,(H2,14,15,17). The first-order valence-corrected chi connectivity index (χ1v) is 6.07. The van der Waals surface area contributed by atoms with Gasteiger partial charge in [0.05, 0.1) is 0 Å². The lowest BCUT2D eigenvalue weighted by atomic mass is 9.78. The molecule has 6 heteroatoms. The van der Waals surface area contributed by atoms with Crippen molar-refractivity contribution in [1.82, 2.24) is 10.6 Å². The molecular formula is C11H20F2N2O2. The molecular weight excluding hydrogens is 230 g/mol. The first kappa shape index (κ1) is 14.2. The fourth-order valence-electron chi connectivity index (χ4n) is 1.92. The van der Waals surface area contributed by atoms with Crippen LogP contribution in [0.25, 0.3) is 0 Å². The molecule has 1 unspecified atom stereocenters. The van der Waals surface area contributed by atoms with Crippen molar-refractivity contribution in [3.05, 3.63) is 0 Å². The van der Waals surface area contributed by atoms with Gasteiger partial charge in [-0.05, 0) is 25.2 Å². The summed E-state index contributed by atoms with van der Waals surface area (Å²) in [6, 6.07) is -0.462. The summed E-state index contributed by atoms with van der Waals surface area (Å²) in [5, 5.41) is 14.0. The number of urea groups is 1. The Labute approximate surface area is 99.8 Å². The molecule has 1 aliphatic carbocycles. The summed E-state index contributed by atoms with van der Waals surface area (Å²) in [4.78, 5) is 11.4. The zero-order valence-corrected chi connectivity index (χ0v) is 9.79. The number of rotatable bonds is 7. The van der Waals surface area contributed by atoms with Crippen LogP contribution in [0, 0.1) is 5.92 Å². The number of hydrogen-bond donors (Lipinski definition) is 3. The maximum Gasteiger partial charge on any atom is 0.315 e. The van der Waals surface area contributed by atoms with Gasteiger partial charge in [0.15, 0.2) is 0 Å². The Bertz CT molecular complexity index is 236. The predicted octanol–water partition coefficient (Wildman–Crippen LogP) is 1.49. The lowest BCUT2D eigenvalue weighted by Crippen LogP contribution is -2.48. The molecule has 1 fully saturated rings. The molecule has 0 saturated heterocycles. The summed E-state index contributed by atoms with van der Waals surface area (Å²) >= 11 is 0. The molecule has 0 aromatic rings. The third-order valence-electron chi connectivity index (χ3n) is 3.12. The van der Waals surface area contributed by atoms with Gasteiger partial charge in [0.2, 0.25) is 6.43 Å². The molecule has 0 aromatic heterocycles. The number of aliphatic hydroxyl groups is 1. The Morgan fingerprint density at radius 1 is 1.35 bits per heavy atom. The number of hydrogen-bond acceptors (Lipinski definition) is 2. The minimum atomic E-state index is -2.39. The highest BCUT2D eigenvalue weighted by molar-refractivity contribution is 5.74. The van der Waals surface area contributed by atoms with Gasteiger partial charge in [0, 0.05) is 25.6 Å². The summed E-state index contributed by atoms with van der Waals surface area (Å²) < 4.78 is 23.7. The van der Waals surface area contributed by atoms with Gasteiger partial charge >= 0.3 is 6.03 Å². The normalized spacial score (nSPS) is 17.6. The monoisotopic (exact) mass is 250 g/mol. The van der Waals surface area contributed by atoms with E-state index in [-0.39, 0.29) is 25.6 Å². The average molecular weight is 250 g/mol. The van der Waals surface area contributed by atoms with Crippen LogP contribution in [0.15, 0.2) is 0 Å². The van der Waals surface area contributed by atoms with E-state index in [2.05, 4.69) is 10.6 Å². The largest absolute Gasteiger partial charge is 0.396 e. The van der Waals surface area contributed by atoms with Crippen LogP contribution in [0.3, 0.4) is 0 Å². The molecule has 2 amide bonds. The van der Waals surface area contributed by atoms with Gasteiger partial charge in [-0.1, -0.05) is 6.42 Å². The minimum absolute atomic E-state index is 0.0263. The SMILES string of the molecule is O=C(NCCC(F)F)NC(CCO)C1CCC1. The molecule has 17 heavy (non-hydrogen) atoms. The van der Waals surface area contributed by atoms with Crippen molar-refractivity contribution >= 4 is 6.03 Å². The maximum atomic E-state index is 11.9. The Morgan fingerprint density at radius 3 is 2.53 bits per heavy atom. The van der Waals surface area contributed by atoms with Crippen LogP contribution in [0.5, 0.6) is 0 Å². The smallest absolute Gasteiger partial charge is 0.315 e. The van der Waals surface area contributed by atoms with Gasteiger partial charge in [0.1, 0.15) is 0 Å². The van der Waals surface area contributed by atoms with Crippen LogP contribution < -0.4 is 10.6 Å². The third-order valence-corrected chi connectivity index (χ3v) is 3.12. The summed E-state index contributed by atoms with van der Waals surface area (Å²) in [6.45, 7) is -0.00150. The van der Waals surface area contributed by atoms with Gasteiger partial charge < -0.3 is 15.7 Å². The Morgan fingerprint density at radius 2 is 2.06 bits per heavy atom. The number of halogens is 2. The number of alkyl halides is 2. The molecule has 0 spiro atoms. The molecule has 1 rings (SSSR count). The van der Waals surface area contributed by atoms with E-state index in [0.717, 1.165) is 19.3 Å². The van der Waals surface area contributed by atoms with E-state index in [1.165, 1.54) is 0 Å². The van der Waals surface area contributed by atoms with Crippen LogP contribution in [0.1, 0.15) is 32.1 Å². The quantitative estimate of drug-likeness (QED) is 0.641. The Kier molecular flexibility index (Phi) is 6.18.